The van der Waals surface area contributed by atoms with E-state index in [4.69, 9.17) is 0 Å². The van der Waals surface area contributed by atoms with Crippen molar-refractivity contribution in [2.45, 2.75) is 13.0 Å². The zero-order valence-electron chi connectivity index (χ0n) is 17.5. The van der Waals surface area contributed by atoms with Crippen molar-refractivity contribution in [3.05, 3.63) is 79.8 Å². The molecule has 0 radical (unpaired) electrons. The van der Waals surface area contributed by atoms with E-state index in [0.29, 0.717) is 30.6 Å². The van der Waals surface area contributed by atoms with Gasteiger partial charge in [-0.15, -0.1) is 0 Å². The van der Waals surface area contributed by atoms with Gasteiger partial charge >= 0.3 is 5.69 Å². The molecule has 1 aromatic carbocycles. The Hall–Kier alpha value is -3.66. The molecule has 0 atom stereocenters. The number of aromatic amines is 1. The van der Waals surface area contributed by atoms with Crippen LogP contribution in [0.1, 0.15) is 28.0 Å². The quantitative estimate of drug-likeness (QED) is 0.599. The van der Waals surface area contributed by atoms with E-state index in [1.807, 2.05) is 11.0 Å². The van der Waals surface area contributed by atoms with Crippen molar-refractivity contribution in [1.29, 1.82) is 0 Å². The maximum Gasteiger partial charge on any atom is 0.328 e. The van der Waals surface area contributed by atoms with Crippen LogP contribution in [0.15, 0.2) is 39.9 Å². The minimum atomic E-state index is -0.711. The molecule has 4 rings (SSSR count). The lowest BCUT2D eigenvalue weighted by atomic mass is 9.99. The molecule has 0 saturated carbocycles. The highest BCUT2D eigenvalue weighted by Crippen LogP contribution is 2.26. The van der Waals surface area contributed by atoms with Crippen LogP contribution in [0.2, 0.25) is 0 Å². The summed E-state index contributed by atoms with van der Waals surface area (Å²) in [5.41, 5.74) is 0.116. The van der Waals surface area contributed by atoms with Crippen LogP contribution >= 0.6 is 0 Å². The Balaban J connectivity index is 1.54. The van der Waals surface area contributed by atoms with Crippen LogP contribution in [0, 0.1) is 11.8 Å². The summed E-state index contributed by atoms with van der Waals surface area (Å²) in [5.74, 6) is -1.81. The van der Waals surface area contributed by atoms with Crippen molar-refractivity contribution in [2.75, 3.05) is 20.1 Å². The minimum absolute atomic E-state index is 0.00596. The number of amides is 1. The number of fused-ring (bicyclic) bond motifs is 1. The Morgan fingerprint density at radius 3 is 2.66 bits per heavy atom. The number of rotatable bonds is 4. The SMILES string of the molecule is CNC(=O)c1ccc(C2=CCN(Cc3ccc4c(=O)n(C)c(=O)[nH]c4c3F)CC2)c(F)n1. The number of nitrogens with zero attached hydrogens (tertiary/aromatic N) is 3. The molecule has 3 heterocycles. The normalized spacial score (nSPS) is 14.4. The second-order valence-electron chi connectivity index (χ2n) is 7.58. The van der Waals surface area contributed by atoms with Gasteiger partial charge in [-0.2, -0.15) is 4.39 Å². The molecular weight excluding hydrogens is 420 g/mol. The first-order chi connectivity index (χ1) is 15.3. The molecule has 166 valence electrons. The fraction of sp³-hybridized carbons (Fsp3) is 0.273. The van der Waals surface area contributed by atoms with Gasteiger partial charge in [0.15, 0.2) is 5.82 Å². The summed E-state index contributed by atoms with van der Waals surface area (Å²) in [5, 5.41) is 2.51. The van der Waals surface area contributed by atoms with Gasteiger partial charge in [-0.25, -0.2) is 14.2 Å². The number of carbonyl (C=O) groups excluding carboxylic acids is 1. The molecule has 0 unspecified atom stereocenters. The monoisotopic (exact) mass is 441 g/mol. The topological polar surface area (TPSA) is 100 Å². The number of halogens is 2. The first kappa shape index (κ1) is 21.6. The molecule has 2 N–H and O–H groups in total. The third-order valence-electron chi connectivity index (χ3n) is 5.64. The van der Waals surface area contributed by atoms with Crippen molar-refractivity contribution in [2.24, 2.45) is 7.05 Å². The van der Waals surface area contributed by atoms with Gasteiger partial charge in [0.1, 0.15) is 5.69 Å². The van der Waals surface area contributed by atoms with E-state index in [1.54, 1.807) is 0 Å². The molecule has 0 bridgehead atoms. The van der Waals surface area contributed by atoms with Crippen LogP contribution < -0.4 is 16.6 Å². The number of benzene rings is 1. The third-order valence-corrected chi connectivity index (χ3v) is 5.64. The van der Waals surface area contributed by atoms with Gasteiger partial charge in [0.2, 0.25) is 5.95 Å². The van der Waals surface area contributed by atoms with Crippen LogP contribution in [0.5, 0.6) is 0 Å². The number of carbonyl (C=O) groups is 1. The summed E-state index contributed by atoms with van der Waals surface area (Å²) in [7, 11) is 2.78. The molecule has 2 aromatic heterocycles. The van der Waals surface area contributed by atoms with Gasteiger partial charge in [-0.05, 0) is 30.2 Å². The van der Waals surface area contributed by atoms with E-state index in [1.165, 1.54) is 38.4 Å². The first-order valence-corrected chi connectivity index (χ1v) is 10.0. The average molecular weight is 441 g/mol. The highest BCUT2D eigenvalue weighted by molar-refractivity contribution is 5.92. The van der Waals surface area contributed by atoms with Gasteiger partial charge < -0.3 is 10.3 Å². The number of nitrogens with one attached hydrogen (secondary N) is 2. The van der Waals surface area contributed by atoms with Gasteiger partial charge in [0.05, 0.1) is 10.9 Å². The molecule has 1 aliphatic heterocycles. The highest BCUT2D eigenvalue weighted by atomic mass is 19.1. The summed E-state index contributed by atoms with van der Waals surface area (Å²) >= 11 is 0. The van der Waals surface area contributed by atoms with E-state index in [0.717, 1.165) is 10.1 Å². The molecule has 0 fully saturated rings. The van der Waals surface area contributed by atoms with Crippen LogP contribution in [0.3, 0.4) is 0 Å². The minimum Gasteiger partial charge on any atom is -0.354 e. The first-order valence-electron chi connectivity index (χ1n) is 10.0. The van der Waals surface area contributed by atoms with Crippen molar-refractivity contribution in [1.82, 2.24) is 24.8 Å². The number of aromatic nitrogens is 3. The third kappa shape index (κ3) is 3.84. The van der Waals surface area contributed by atoms with E-state index in [2.05, 4.69) is 15.3 Å². The summed E-state index contributed by atoms with van der Waals surface area (Å²) in [6.45, 7) is 1.27. The van der Waals surface area contributed by atoms with Gasteiger partial charge in [0.25, 0.3) is 11.5 Å². The lowest BCUT2D eigenvalue weighted by Gasteiger charge is -2.26. The van der Waals surface area contributed by atoms with Crippen molar-refractivity contribution < 1.29 is 13.6 Å². The standard InChI is InChI=1S/C22H21F2N5O3/c1-25-20(30)16-6-5-14(19(24)26-16)12-7-9-29(10-8-12)11-13-3-4-15-18(17(13)23)27-22(32)28(2)21(15)31/h3-7H,8-11H2,1-2H3,(H,25,30)(H,27,32). The molecule has 0 spiro atoms. The number of pyridine rings is 1. The molecular formula is C22H21F2N5O3. The predicted octanol–water partition coefficient (Wildman–Crippen LogP) is 1.55. The van der Waals surface area contributed by atoms with E-state index in [-0.39, 0.29) is 23.1 Å². The number of hydrogen-bond donors (Lipinski definition) is 2. The summed E-state index contributed by atoms with van der Waals surface area (Å²) in [6, 6.07) is 6.05. The molecule has 3 aromatic rings. The smallest absolute Gasteiger partial charge is 0.328 e. The molecule has 32 heavy (non-hydrogen) atoms. The largest absolute Gasteiger partial charge is 0.354 e. The zero-order valence-corrected chi connectivity index (χ0v) is 17.5. The van der Waals surface area contributed by atoms with E-state index < -0.39 is 28.9 Å². The van der Waals surface area contributed by atoms with Crippen LogP contribution in [-0.4, -0.2) is 45.5 Å². The number of H-pyrrole nitrogens is 1. The Morgan fingerprint density at radius 1 is 1.22 bits per heavy atom. The molecule has 0 aliphatic carbocycles. The fourth-order valence-electron chi connectivity index (χ4n) is 3.77. The number of hydrogen-bond acceptors (Lipinski definition) is 5. The Bertz CT molecular complexity index is 1380. The Morgan fingerprint density at radius 2 is 2.00 bits per heavy atom. The Kier molecular flexibility index (Phi) is 5.70. The van der Waals surface area contributed by atoms with Crippen molar-refractivity contribution in [3.63, 3.8) is 0 Å². The fourth-order valence-corrected chi connectivity index (χ4v) is 3.77. The Labute approximate surface area is 181 Å². The van der Waals surface area contributed by atoms with Crippen LogP contribution in [-0.2, 0) is 13.6 Å². The predicted molar refractivity (Wildman–Crippen MR) is 115 cm³/mol. The molecule has 10 heteroatoms. The lowest BCUT2D eigenvalue weighted by Crippen LogP contribution is -2.33. The zero-order chi connectivity index (χ0) is 23.0. The maximum absolute atomic E-state index is 15.0. The highest BCUT2D eigenvalue weighted by Gasteiger charge is 2.20. The summed E-state index contributed by atoms with van der Waals surface area (Å²) < 4.78 is 30.3. The molecule has 8 nitrogen and oxygen atoms in total. The van der Waals surface area contributed by atoms with Crippen molar-refractivity contribution >= 4 is 22.4 Å². The van der Waals surface area contributed by atoms with Crippen molar-refractivity contribution in [3.8, 4) is 0 Å². The van der Waals surface area contributed by atoms with Gasteiger partial charge in [-0.3, -0.25) is 19.1 Å². The molecule has 1 amide bonds. The molecule has 1 aliphatic rings. The van der Waals surface area contributed by atoms with E-state index >= 15 is 0 Å². The average Bonchev–Trinajstić information content (AvgIpc) is 2.80. The van der Waals surface area contributed by atoms with Crippen LogP contribution in [0.4, 0.5) is 8.78 Å². The molecule has 0 saturated heterocycles. The lowest BCUT2D eigenvalue weighted by molar-refractivity contribution is 0.0957. The van der Waals surface area contributed by atoms with E-state index in [9.17, 15) is 23.2 Å². The summed E-state index contributed by atoms with van der Waals surface area (Å²) in [4.78, 5) is 43.7. The second-order valence-corrected chi connectivity index (χ2v) is 7.58. The summed E-state index contributed by atoms with van der Waals surface area (Å²) in [6.07, 6.45) is 2.37. The second kappa shape index (κ2) is 8.46. The van der Waals surface area contributed by atoms with Gasteiger partial charge in [0, 0.05) is 44.9 Å². The van der Waals surface area contributed by atoms with Crippen LogP contribution in [0.25, 0.3) is 16.5 Å². The van der Waals surface area contributed by atoms with Gasteiger partial charge in [-0.1, -0.05) is 12.1 Å². The maximum atomic E-state index is 15.0.